The van der Waals surface area contributed by atoms with Gasteiger partial charge < -0.3 is 10.5 Å². The van der Waals surface area contributed by atoms with Gasteiger partial charge in [0.05, 0.1) is 7.11 Å². The normalized spacial score (nSPS) is 18.3. The molecule has 0 saturated carbocycles. The lowest BCUT2D eigenvalue weighted by Gasteiger charge is -2.32. The molecule has 98 valence electrons. The molecule has 0 bridgehead atoms. The van der Waals surface area contributed by atoms with Gasteiger partial charge in [0.25, 0.3) is 0 Å². The number of hydrogen-bond acceptors (Lipinski definition) is 2. The van der Waals surface area contributed by atoms with Gasteiger partial charge in [0, 0.05) is 6.04 Å². The molecule has 2 atom stereocenters. The van der Waals surface area contributed by atoms with Gasteiger partial charge in [-0.2, -0.15) is 0 Å². The monoisotopic (exact) mass is 253 g/mol. The fourth-order valence-corrected chi connectivity index (χ4v) is 2.87. The van der Waals surface area contributed by atoms with Gasteiger partial charge in [-0.05, 0) is 47.6 Å². The first-order chi connectivity index (χ1) is 9.28. The first-order valence-corrected chi connectivity index (χ1v) is 6.75. The number of hydrogen-bond donors (Lipinski definition) is 1. The Morgan fingerprint density at radius 1 is 1.16 bits per heavy atom. The smallest absolute Gasteiger partial charge is 0.118 e. The van der Waals surface area contributed by atoms with Crippen LogP contribution in [-0.4, -0.2) is 7.11 Å². The number of rotatable bonds is 4. The average molecular weight is 253 g/mol. The molecule has 1 aliphatic rings. The van der Waals surface area contributed by atoms with Crippen molar-refractivity contribution in [3.8, 4) is 5.75 Å². The Balaban J connectivity index is 1.67. The molecule has 0 spiro atoms. The molecule has 0 aliphatic heterocycles. The van der Waals surface area contributed by atoms with E-state index >= 15 is 0 Å². The second-order valence-electron chi connectivity index (χ2n) is 5.22. The summed E-state index contributed by atoms with van der Waals surface area (Å²) >= 11 is 0. The number of ether oxygens (including phenoxy) is 1. The summed E-state index contributed by atoms with van der Waals surface area (Å²) < 4.78 is 5.17. The molecule has 0 aromatic heterocycles. The van der Waals surface area contributed by atoms with Crippen molar-refractivity contribution in [1.29, 1.82) is 0 Å². The summed E-state index contributed by atoms with van der Waals surface area (Å²) in [7, 11) is 1.68. The number of fused-ring (bicyclic) bond motifs is 1. The van der Waals surface area contributed by atoms with E-state index in [1.165, 1.54) is 23.1 Å². The standard InChI is InChI=1S/C17H19NO/c1-19-15-8-6-12(7-9-15)17(18)11-14-10-13-4-2-3-5-16(13)14/h2-9,14,17H,10-11,18H2,1H3. The van der Waals surface area contributed by atoms with Crippen molar-refractivity contribution in [3.05, 3.63) is 65.2 Å². The van der Waals surface area contributed by atoms with Crippen LogP contribution in [0.4, 0.5) is 0 Å². The largest absolute Gasteiger partial charge is 0.497 e. The fourth-order valence-electron chi connectivity index (χ4n) is 2.87. The van der Waals surface area contributed by atoms with Crippen LogP contribution in [0.2, 0.25) is 0 Å². The van der Waals surface area contributed by atoms with Crippen LogP contribution < -0.4 is 10.5 Å². The number of benzene rings is 2. The van der Waals surface area contributed by atoms with E-state index in [4.69, 9.17) is 10.5 Å². The molecule has 0 amide bonds. The lowest BCUT2D eigenvalue weighted by atomic mass is 9.74. The minimum Gasteiger partial charge on any atom is -0.497 e. The first-order valence-electron chi connectivity index (χ1n) is 6.75. The first kappa shape index (κ1) is 12.2. The predicted molar refractivity (Wildman–Crippen MR) is 77.4 cm³/mol. The van der Waals surface area contributed by atoms with Crippen molar-refractivity contribution in [1.82, 2.24) is 0 Å². The Kier molecular flexibility index (Phi) is 3.26. The maximum atomic E-state index is 6.31. The molecular weight excluding hydrogens is 234 g/mol. The zero-order valence-corrected chi connectivity index (χ0v) is 11.2. The molecule has 3 rings (SSSR count). The maximum absolute atomic E-state index is 6.31. The predicted octanol–water partition coefficient (Wildman–Crippen LogP) is 3.43. The molecular formula is C17H19NO. The minimum absolute atomic E-state index is 0.101. The van der Waals surface area contributed by atoms with Gasteiger partial charge in [-0.1, -0.05) is 36.4 Å². The van der Waals surface area contributed by atoms with Gasteiger partial charge in [0.15, 0.2) is 0 Å². The summed E-state index contributed by atoms with van der Waals surface area (Å²) in [6, 6.07) is 16.8. The highest BCUT2D eigenvalue weighted by Crippen LogP contribution is 2.40. The molecule has 0 saturated heterocycles. The molecule has 0 fully saturated rings. The SMILES string of the molecule is COc1ccc(C(N)CC2Cc3ccccc32)cc1. The Hall–Kier alpha value is -1.80. The Morgan fingerprint density at radius 3 is 2.58 bits per heavy atom. The summed E-state index contributed by atoms with van der Waals surface area (Å²) in [6.45, 7) is 0. The van der Waals surface area contributed by atoms with Crippen LogP contribution in [0.25, 0.3) is 0 Å². The molecule has 19 heavy (non-hydrogen) atoms. The zero-order chi connectivity index (χ0) is 13.2. The highest BCUT2D eigenvalue weighted by Gasteiger charge is 2.27. The minimum atomic E-state index is 0.101. The zero-order valence-electron chi connectivity index (χ0n) is 11.2. The molecule has 2 nitrogen and oxygen atoms in total. The van der Waals surface area contributed by atoms with Gasteiger partial charge in [-0.25, -0.2) is 0 Å². The van der Waals surface area contributed by atoms with E-state index in [1.54, 1.807) is 7.11 Å². The lowest BCUT2D eigenvalue weighted by molar-refractivity contribution is 0.414. The van der Waals surface area contributed by atoms with Gasteiger partial charge in [0.1, 0.15) is 5.75 Å². The van der Waals surface area contributed by atoms with Gasteiger partial charge in [0.2, 0.25) is 0 Å². The third kappa shape index (κ3) is 2.36. The highest BCUT2D eigenvalue weighted by atomic mass is 16.5. The molecule has 2 aromatic carbocycles. The average Bonchev–Trinajstić information content (AvgIpc) is 2.44. The van der Waals surface area contributed by atoms with Gasteiger partial charge >= 0.3 is 0 Å². The van der Waals surface area contributed by atoms with Gasteiger partial charge in [-0.15, -0.1) is 0 Å². The second kappa shape index (κ2) is 5.06. The van der Waals surface area contributed by atoms with Gasteiger partial charge in [-0.3, -0.25) is 0 Å². The van der Waals surface area contributed by atoms with Crippen molar-refractivity contribution in [2.45, 2.75) is 24.8 Å². The molecule has 2 heteroatoms. The van der Waals surface area contributed by atoms with Crippen molar-refractivity contribution < 1.29 is 4.74 Å². The van der Waals surface area contributed by atoms with Crippen LogP contribution in [0.5, 0.6) is 5.75 Å². The summed E-state index contributed by atoms with van der Waals surface area (Å²) in [5.41, 5.74) is 10.5. The molecule has 2 unspecified atom stereocenters. The lowest BCUT2D eigenvalue weighted by Crippen LogP contribution is -2.22. The quantitative estimate of drug-likeness (QED) is 0.906. The molecule has 1 aliphatic carbocycles. The van der Waals surface area contributed by atoms with E-state index in [2.05, 4.69) is 36.4 Å². The van der Waals surface area contributed by atoms with Crippen LogP contribution in [0.1, 0.15) is 35.1 Å². The van der Waals surface area contributed by atoms with Crippen molar-refractivity contribution >= 4 is 0 Å². The van der Waals surface area contributed by atoms with Crippen molar-refractivity contribution in [3.63, 3.8) is 0 Å². The van der Waals surface area contributed by atoms with E-state index in [0.29, 0.717) is 5.92 Å². The summed E-state index contributed by atoms with van der Waals surface area (Å²) in [4.78, 5) is 0. The number of methoxy groups -OCH3 is 1. The van der Waals surface area contributed by atoms with Crippen molar-refractivity contribution in [2.75, 3.05) is 7.11 Å². The third-order valence-electron chi connectivity index (χ3n) is 4.04. The van der Waals surface area contributed by atoms with E-state index in [9.17, 15) is 0 Å². The van der Waals surface area contributed by atoms with Crippen LogP contribution in [-0.2, 0) is 6.42 Å². The Labute approximate surface area is 114 Å². The highest BCUT2D eigenvalue weighted by molar-refractivity contribution is 5.40. The van der Waals surface area contributed by atoms with E-state index in [1.807, 2.05) is 12.1 Å². The van der Waals surface area contributed by atoms with Crippen molar-refractivity contribution in [2.24, 2.45) is 5.73 Å². The fraction of sp³-hybridized carbons (Fsp3) is 0.294. The summed E-state index contributed by atoms with van der Waals surface area (Å²) in [5.74, 6) is 1.50. The number of nitrogens with two attached hydrogens (primary N) is 1. The third-order valence-corrected chi connectivity index (χ3v) is 4.04. The topological polar surface area (TPSA) is 35.2 Å². The van der Waals surface area contributed by atoms with Crippen LogP contribution in [0.15, 0.2) is 48.5 Å². The molecule has 2 N–H and O–H groups in total. The van der Waals surface area contributed by atoms with Crippen LogP contribution in [0.3, 0.4) is 0 Å². The maximum Gasteiger partial charge on any atom is 0.118 e. The molecule has 0 heterocycles. The summed E-state index contributed by atoms with van der Waals surface area (Å²) in [5, 5.41) is 0. The Bertz CT molecular complexity index is 562. The van der Waals surface area contributed by atoms with E-state index < -0.39 is 0 Å². The second-order valence-corrected chi connectivity index (χ2v) is 5.22. The Morgan fingerprint density at radius 2 is 1.89 bits per heavy atom. The van der Waals surface area contributed by atoms with Crippen LogP contribution in [0, 0.1) is 0 Å². The summed E-state index contributed by atoms with van der Waals surface area (Å²) in [6.07, 6.45) is 2.18. The van der Waals surface area contributed by atoms with Crippen LogP contribution >= 0.6 is 0 Å². The van der Waals surface area contributed by atoms with E-state index in [0.717, 1.165) is 12.2 Å². The molecule has 2 aromatic rings. The molecule has 0 radical (unpaired) electrons. The van der Waals surface area contributed by atoms with E-state index in [-0.39, 0.29) is 6.04 Å².